The maximum absolute atomic E-state index is 6.39. The van der Waals surface area contributed by atoms with Gasteiger partial charge in [0.1, 0.15) is 12.0 Å². The van der Waals surface area contributed by atoms with Gasteiger partial charge in [-0.25, -0.2) is 4.98 Å². The Morgan fingerprint density at radius 3 is 2.46 bits per heavy atom. The first-order chi connectivity index (χ1) is 17.1. The first-order valence-electron chi connectivity index (χ1n) is 12.0. The summed E-state index contributed by atoms with van der Waals surface area (Å²) in [5.74, 6) is 0.868. The minimum Gasteiger partial charge on any atom is -0.370 e. The molecular formula is C29H30N6. The Balaban J connectivity index is 0.000000313. The maximum atomic E-state index is 6.39. The van der Waals surface area contributed by atoms with Crippen molar-refractivity contribution in [2.45, 2.75) is 32.9 Å². The fraction of sp³-hybridized carbons (Fsp3) is 0.172. The van der Waals surface area contributed by atoms with E-state index in [1.165, 1.54) is 11.1 Å². The van der Waals surface area contributed by atoms with Crippen LogP contribution in [-0.2, 0) is 6.42 Å². The van der Waals surface area contributed by atoms with E-state index in [0.29, 0.717) is 0 Å². The summed E-state index contributed by atoms with van der Waals surface area (Å²) < 4.78 is 2.08. The fourth-order valence-corrected chi connectivity index (χ4v) is 4.34. The van der Waals surface area contributed by atoms with E-state index in [0.717, 1.165) is 52.1 Å². The second-order valence-corrected chi connectivity index (χ2v) is 8.77. The SMILES string of the molecule is CCCc1ccc(-c2nc(-c3ccc4cn[nH]c4c3)n3c2C(N)NC=C3)cc1.Cc1ccccc1. The Morgan fingerprint density at radius 2 is 1.74 bits per heavy atom. The van der Waals surface area contributed by atoms with Crippen molar-refractivity contribution < 1.29 is 0 Å². The quantitative estimate of drug-likeness (QED) is 0.304. The molecule has 0 aliphatic carbocycles. The number of nitrogens with zero attached hydrogens (tertiary/aromatic N) is 3. The van der Waals surface area contributed by atoms with Gasteiger partial charge in [-0.05, 0) is 25.0 Å². The van der Waals surface area contributed by atoms with E-state index in [1.54, 1.807) is 0 Å². The molecule has 0 amide bonds. The summed E-state index contributed by atoms with van der Waals surface area (Å²) in [6.45, 7) is 4.28. The highest BCUT2D eigenvalue weighted by molar-refractivity contribution is 5.83. The summed E-state index contributed by atoms with van der Waals surface area (Å²) in [6, 6.07) is 25.1. The van der Waals surface area contributed by atoms with Gasteiger partial charge in [-0.15, -0.1) is 0 Å². The van der Waals surface area contributed by atoms with Gasteiger partial charge in [0.05, 0.1) is 23.1 Å². The second-order valence-electron chi connectivity index (χ2n) is 8.77. The molecule has 0 bridgehead atoms. The van der Waals surface area contributed by atoms with Gasteiger partial charge >= 0.3 is 0 Å². The lowest BCUT2D eigenvalue weighted by molar-refractivity contribution is 0.611. The topological polar surface area (TPSA) is 84.5 Å². The molecule has 5 aromatic rings. The largest absolute Gasteiger partial charge is 0.370 e. The molecule has 0 saturated heterocycles. The van der Waals surface area contributed by atoms with E-state index in [1.807, 2.05) is 36.8 Å². The highest BCUT2D eigenvalue weighted by Gasteiger charge is 2.25. The van der Waals surface area contributed by atoms with Crippen LogP contribution in [0.2, 0.25) is 0 Å². The van der Waals surface area contributed by atoms with Gasteiger partial charge in [0.2, 0.25) is 0 Å². The highest BCUT2D eigenvalue weighted by Crippen LogP contribution is 2.34. The summed E-state index contributed by atoms with van der Waals surface area (Å²) in [5, 5.41) is 11.4. The molecule has 1 aliphatic rings. The third kappa shape index (κ3) is 4.74. The lowest BCUT2D eigenvalue weighted by Crippen LogP contribution is -2.29. The number of benzene rings is 3. The number of rotatable bonds is 4. The van der Waals surface area contributed by atoms with Crippen molar-refractivity contribution in [2.24, 2.45) is 5.73 Å². The molecule has 6 nitrogen and oxygen atoms in total. The Morgan fingerprint density at radius 1 is 0.971 bits per heavy atom. The zero-order chi connectivity index (χ0) is 24.2. The predicted molar refractivity (Wildman–Crippen MR) is 143 cm³/mol. The van der Waals surface area contributed by atoms with Gasteiger partial charge in [0, 0.05) is 28.9 Å². The van der Waals surface area contributed by atoms with Crippen molar-refractivity contribution in [3.63, 3.8) is 0 Å². The number of aromatic amines is 1. The van der Waals surface area contributed by atoms with Gasteiger partial charge in [-0.2, -0.15) is 5.10 Å². The zero-order valence-corrected chi connectivity index (χ0v) is 20.1. The monoisotopic (exact) mass is 462 g/mol. The molecule has 0 fully saturated rings. The molecule has 1 aliphatic heterocycles. The number of aromatic nitrogens is 4. The molecule has 6 heteroatoms. The van der Waals surface area contributed by atoms with Crippen LogP contribution in [0.25, 0.3) is 39.7 Å². The predicted octanol–water partition coefficient (Wildman–Crippen LogP) is 6.03. The number of nitrogens with one attached hydrogen (secondary N) is 2. The number of fused-ring (bicyclic) bond motifs is 2. The van der Waals surface area contributed by atoms with E-state index >= 15 is 0 Å². The minimum absolute atomic E-state index is 0.313. The third-order valence-corrected chi connectivity index (χ3v) is 6.15. The van der Waals surface area contributed by atoms with Crippen molar-refractivity contribution in [1.29, 1.82) is 0 Å². The summed E-state index contributed by atoms with van der Waals surface area (Å²) in [7, 11) is 0. The van der Waals surface area contributed by atoms with Crippen LogP contribution >= 0.6 is 0 Å². The molecule has 176 valence electrons. The standard InChI is InChI=1S/C22H22N6.C7H8/c1-2-3-14-4-6-15(7-5-14)19-20-21(23)24-10-11-28(20)22(26-19)16-8-9-17-13-25-27-18(17)12-16;1-7-5-3-2-4-6-7/h4-13,21,24H,2-3,23H2,1H3,(H,25,27);2-6H,1H3. The van der Waals surface area contributed by atoms with E-state index in [4.69, 9.17) is 10.7 Å². The minimum atomic E-state index is -0.313. The van der Waals surface area contributed by atoms with Crippen molar-refractivity contribution >= 4 is 17.1 Å². The molecule has 6 rings (SSSR count). The van der Waals surface area contributed by atoms with Crippen molar-refractivity contribution in [3.8, 4) is 22.6 Å². The van der Waals surface area contributed by atoms with Crippen LogP contribution in [0.1, 0.15) is 36.3 Å². The Kier molecular flexibility index (Phi) is 6.46. The Labute approximate surface area is 205 Å². The first-order valence-corrected chi connectivity index (χ1v) is 12.0. The molecule has 0 spiro atoms. The summed E-state index contributed by atoms with van der Waals surface area (Å²) in [4.78, 5) is 5.01. The number of aryl methyl sites for hydroxylation is 2. The highest BCUT2D eigenvalue weighted by atomic mass is 15.2. The molecule has 1 unspecified atom stereocenters. The molecule has 35 heavy (non-hydrogen) atoms. The molecule has 3 aromatic carbocycles. The molecule has 2 aromatic heterocycles. The zero-order valence-electron chi connectivity index (χ0n) is 20.1. The van der Waals surface area contributed by atoms with Crippen molar-refractivity contribution in [1.82, 2.24) is 25.1 Å². The fourth-order valence-electron chi connectivity index (χ4n) is 4.34. The van der Waals surface area contributed by atoms with Gasteiger partial charge in [0.15, 0.2) is 0 Å². The van der Waals surface area contributed by atoms with E-state index < -0.39 is 0 Å². The van der Waals surface area contributed by atoms with Crippen LogP contribution in [0.15, 0.2) is 85.2 Å². The van der Waals surface area contributed by atoms with Crippen LogP contribution in [-0.4, -0.2) is 19.7 Å². The average Bonchev–Trinajstić information content (AvgIpc) is 3.51. The van der Waals surface area contributed by atoms with Gasteiger partial charge < -0.3 is 11.1 Å². The lowest BCUT2D eigenvalue weighted by Gasteiger charge is -2.20. The molecule has 4 N–H and O–H groups in total. The number of imidazole rings is 1. The average molecular weight is 463 g/mol. The van der Waals surface area contributed by atoms with E-state index in [9.17, 15) is 0 Å². The number of hydrogen-bond acceptors (Lipinski definition) is 4. The molecule has 0 radical (unpaired) electrons. The summed E-state index contributed by atoms with van der Waals surface area (Å²) in [5.41, 5.74) is 14.0. The maximum Gasteiger partial charge on any atom is 0.145 e. The lowest BCUT2D eigenvalue weighted by atomic mass is 10.0. The van der Waals surface area contributed by atoms with E-state index in [-0.39, 0.29) is 6.17 Å². The van der Waals surface area contributed by atoms with Crippen LogP contribution < -0.4 is 11.1 Å². The molecular weight excluding hydrogens is 432 g/mol. The van der Waals surface area contributed by atoms with Crippen molar-refractivity contribution in [3.05, 3.63) is 102 Å². The first kappa shape index (κ1) is 22.6. The number of nitrogens with two attached hydrogens (primary N) is 1. The molecule has 3 heterocycles. The Bertz CT molecular complexity index is 1440. The van der Waals surface area contributed by atoms with Crippen LogP contribution in [0.5, 0.6) is 0 Å². The number of H-pyrrole nitrogens is 1. The third-order valence-electron chi connectivity index (χ3n) is 6.15. The van der Waals surface area contributed by atoms with Crippen LogP contribution in [0, 0.1) is 6.92 Å². The Hall–Kier alpha value is -4.16. The second kappa shape index (κ2) is 9.99. The normalized spacial score (nSPS) is 14.2. The van der Waals surface area contributed by atoms with Crippen LogP contribution in [0.3, 0.4) is 0 Å². The van der Waals surface area contributed by atoms with Crippen molar-refractivity contribution in [2.75, 3.05) is 0 Å². The molecule has 1 atom stereocenters. The summed E-state index contributed by atoms with van der Waals surface area (Å²) in [6.07, 6.45) is 7.58. The van der Waals surface area contributed by atoms with Gasteiger partial charge in [-0.1, -0.05) is 85.6 Å². The smallest absolute Gasteiger partial charge is 0.145 e. The summed E-state index contributed by atoms with van der Waals surface area (Å²) >= 11 is 0. The molecule has 0 saturated carbocycles. The van der Waals surface area contributed by atoms with Gasteiger partial charge in [0.25, 0.3) is 0 Å². The van der Waals surface area contributed by atoms with Gasteiger partial charge in [-0.3, -0.25) is 9.67 Å². The van der Waals surface area contributed by atoms with E-state index in [2.05, 4.69) is 88.5 Å². The van der Waals surface area contributed by atoms with Crippen LogP contribution in [0.4, 0.5) is 0 Å². The number of hydrogen-bond donors (Lipinski definition) is 3.